The van der Waals surface area contributed by atoms with Gasteiger partial charge in [0.1, 0.15) is 5.75 Å². The highest BCUT2D eigenvalue weighted by molar-refractivity contribution is 5.98. The van der Waals surface area contributed by atoms with Gasteiger partial charge in [-0.25, -0.2) is 4.79 Å². The molecule has 196 valence electrons. The molecule has 0 unspecified atom stereocenters. The highest BCUT2D eigenvalue weighted by Crippen LogP contribution is 2.25. The van der Waals surface area contributed by atoms with Crippen molar-refractivity contribution in [2.24, 2.45) is 0 Å². The van der Waals surface area contributed by atoms with Crippen LogP contribution < -0.4 is 15.0 Å². The summed E-state index contributed by atoms with van der Waals surface area (Å²) in [7, 11) is 1.68. The van der Waals surface area contributed by atoms with Gasteiger partial charge in [-0.3, -0.25) is 9.69 Å². The number of hydrogen-bond donors (Lipinski definition) is 1. The Bertz CT molecular complexity index is 1050. The van der Waals surface area contributed by atoms with Crippen molar-refractivity contribution in [3.8, 4) is 5.75 Å². The molecule has 0 radical (unpaired) electrons. The summed E-state index contributed by atoms with van der Waals surface area (Å²) in [5.74, 6) is 0.367. The average Bonchev–Trinajstić information content (AvgIpc) is 3.14. The molecule has 0 spiro atoms. The van der Waals surface area contributed by atoms with Gasteiger partial charge < -0.3 is 24.3 Å². The van der Waals surface area contributed by atoms with Crippen molar-refractivity contribution < 1.29 is 19.1 Å². The fourth-order valence-corrected chi connectivity index (χ4v) is 4.80. The lowest BCUT2D eigenvalue weighted by Crippen LogP contribution is -2.47. The summed E-state index contributed by atoms with van der Waals surface area (Å²) in [6, 6.07) is 8.21. The molecule has 1 saturated heterocycles. The SMILES string of the molecule is CCOC(=O)c1c(/C=C/C(=O)NCCCN2CCN(c3ccc(OC)cc3)CC2)c(C)n(CC)c1C. The number of anilines is 1. The van der Waals surface area contributed by atoms with Gasteiger partial charge in [0.2, 0.25) is 5.91 Å². The number of hydrogen-bond acceptors (Lipinski definition) is 6. The number of carbonyl (C=O) groups excluding carboxylic acids is 2. The van der Waals surface area contributed by atoms with Crippen LogP contribution in [0, 0.1) is 13.8 Å². The minimum absolute atomic E-state index is 0.157. The zero-order chi connectivity index (χ0) is 26.1. The Morgan fingerprint density at radius 2 is 1.72 bits per heavy atom. The Balaban J connectivity index is 1.44. The number of benzene rings is 1. The van der Waals surface area contributed by atoms with Crippen molar-refractivity contribution >= 4 is 23.6 Å². The fraction of sp³-hybridized carbons (Fsp3) is 0.500. The number of nitrogens with zero attached hydrogens (tertiary/aromatic N) is 3. The molecule has 0 bridgehead atoms. The molecule has 1 N–H and O–H groups in total. The second-order valence-corrected chi connectivity index (χ2v) is 8.93. The van der Waals surface area contributed by atoms with Gasteiger partial charge in [0.05, 0.1) is 19.3 Å². The average molecular weight is 497 g/mol. The van der Waals surface area contributed by atoms with Crippen molar-refractivity contribution in [1.82, 2.24) is 14.8 Å². The summed E-state index contributed by atoms with van der Waals surface area (Å²) < 4.78 is 12.6. The Labute approximate surface area is 214 Å². The number of ether oxygens (including phenoxy) is 2. The first-order valence-electron chi connectivity index (χ1n) is 12.8. The van der Waals surface area contributed by atoms with Crippen LogP contribution in [0.2, 0.25) is 0 Å². The van der Waals surface area contributed by atoms with Gasteiger partial charge in [-0.2, -0.15) is 0 Å². The molecule has 0 atom stereocenters. The van der Waals surface area contributed by atoms with E-state index in [0.29, 0.717) is 18.7 Å². The Kier molecular flexibility index (Phi) is 9.99. The molecule has 8 heteroatoms. The van der Waals surface area contributed by atoms with Crippen LogP contribution in [-0.2, 0) is 16.1 Å². The van der Waals surface area contributed by atoms with E-state index >= 15 is 0 Å². The number of nitrogens with one attached hydrogen (secondary N) is 1. The van der Waals surface area contributed by atoms with E-state index < -0.39 is 0 Å². The lowest BCUT2D eigenvalue weighted by molar-refractivity contribution is -0.116. The van der Waals surface area contributed by atoms with Crippen LogP contribution in [0.15, 0.2) is 30.3 Å². The third-order valence-corrected chi connectivity index (χ3v) is 6.79. The first-order valence-corrected chi connectivity index (χ1v) is 12.8. The minimum atomic E-state index is -0.350. The van der Waals surface area contributed by atoms with E-state index in [0.717, 1.165) is 68.4 Å². The predicted molar refractivity (Wildman–Crippen MR) is 144 cm³/mol. The number of amides is 1. The normalized spacial score (nSPS) is 14.3. The Hall–Kier alpha value is -3.26. The van der Waals surface area contributed by atoms with E-state index in [1.54, 1.807) is 20.1 Å². The van der Waals surface area contributed by atoms with Crippen LogP contribution in [0.4, 0.5) is 5.69 Å². The number of methoxy groups -OCH3 is 1. The molecule has 36 heavy (non-hydrogen) atoms. The minimum Gasteiger partial charge on any atom is -0.497 e. The third-order valence-electron chi connectivity index (χ3n) is 6.79. The van der Waals surface area contributed by atoms with Gasteiger partial charge in [0, 0.05) is 68.0 Å². The summed E-state index contributed by atoms with van der Waals surface area (Å²) in [6.45, 7) is 14.3. The van der Waals surface area contributed by atoms with E-state index in [2.05, 4.69) is 31.8 Å². The molecule has 1 amide bonds. The summed E-state index contributed by atoms with van der Waals surface area (Å²) in [5, 5.41) is 2.97. The molecule has 0 saturated carbocycles. The molecule has 3 rings (SSSR count). The number of piperazine rings is 1. The van der Waals surface area contributed by atoms with Crippen LogP contribution in [0.5, 0.6) is 5.75 Å². The zero-order valence-electron chi connectivity index (χ0n) is 22.3. The van der Waals surface area contributed by atoms with Crippen LogP contribution in [-0.4, -0.2) is 74.3 Å². The highest BCUT2D eigenvalue weighted by Gasteiger charge is 2.22. The van der Waals surface area contributed by atoms with E-state index in [4.69, 9.17) is 9.47 Å². The number of carbonyl (C=O) groups is 2. The Morgan fingerprint density at radius 1 is 1.03 bits per heavy atom. The highest BCUT2D eigenvalue weighted by atomic mass is 16.5. The van der Waals surface area contributed by atoms with Crippen molar-refractivity contribution in [3.05, 3.63) is 52.9 Å². The maximum Gasteiger partial charge on any atom is 0.340 e. The van der Waals surface area contributed by atoms with Gasteiger partial charge >= 0.3 is 5.97 Å². The third kappa shape index (κ3) is 6.69. The first-order chi connectivity index (χ1) is 17.4. The molecule has 1 aromatic heterocycles. The lowest BCUT2D eigenvalue weighted by atomic mass is 10.1. The van der Waals surface area contributed by atoms with Crippen molar-refractivity contribution in [2.45, 2.75) is 40.7 Å². The zero-order valence-corrected chi connectivity index (χ0v) is 22.3. The second-order valence-electron chi connectivity index (χ2n) is 8.93. The molecule has 0 aliphatic carbocycles. The monoisotopic (exact) mass is 496 g/mol. The summed E-state index contributed by atoms with van der Waals surface area (Å²) >= 11 is 0. The molecular formula is C28H40N4O4. The second kappa shape index (κ2) is 13.2. The van der Waals surface area contributed by atoms with Crippen LogP contribution in [0.1, 0.15) is 47.6 Å². The molecule has 2 heterocycles. The topological polar surface area (TPSA) is 76.0 Å². The Morgan fingerprint density at radius 3 is 2.33 bits per heavy atom. The van der Waals surface area contributed by atoms with Crippen molar-refractivity contribution in [3.63, 3.8) is 0 Å². The van der Waals surface area contributed by atoms with Gasteiger partial charge in [0.15, 0.2) is 0 Å². The number of aromatic nitrogens is 1. The van der Waals surface area contributed by atoms with E-state index in [9.17, 15) is 9.59 Å². The number of esters is 1. The molecule has 2 aromatic rings. The number of rotatable bonds is 11. The lowest BCUT2D eigenvalue weighted by Gasteiger charge is -2.36. The quantitative estimate of drug-likeness (QED) is 0.291. The van der Waals surface area contributed by atoms with Gasteiger partial charge in [-0.15, -0.1) is 0 Å². The summed E-state index contributed by atoms with van der Waals surface area (Å²) in [6.07, 6.45) is 4.13. The molecule has 1 aromatic carbocycles. The first kappa shape index (κ1) is 27.3. The van der Waals surface area contributed by atoms with Crippen LogP contribution >= 0.6 is 0 Å². The van der Waals surface area contributed by atoms with Gasteiger partial charge in [-0.1, -0.05) is 0 Å². The standard InChI is InChI=1S/C28H40N4O4/c1-6-32-21(3)25(27(22(32)4)28(34)36-7-2)13-14-26(33)29-15-8-16-30-17-19-31(20-18-30)23-9-11-24(35-5)12-10-23/h9-14H,6-8,15-20H2,1-5H3,(H,29,33)/b14-13+. The fourth-order valence-electron chi connectivity index (χ4n) is 4.80. The van der Waals surface area contributed by atoms with E-state index in [1.165, 1.54) is 11.8 Å². The summed E-state index contributed by atoms with van der Waals surface area (Å²) in [5.41, 5.74) is 4.32. The van der Waals surface area contributed by atoms with Crippen molar-refractivity contribution in [1.29, 1.82) is 0 Å². The molecule has 1 fully saturated rings. The van der Waals surface area contributed by atoms with E-state index in [1.807, 2.05) is 32.9 Å². The van der Waals surface area contributed by atoms with E-state index in [-0.39, 0.29) is 11.9 Å². The van der Waals surface area contributed by atoms with Crippen LogP contribution in [0.3, 0.4) is 0 Å². The predicted octanol–water partition coefficient (Wildman–Crippen LogP) is 3.65. The summed E-state index contributed by atoms with van der Waals surface area (Å²) in [4.78, 5) is 29.8. The maximum absolute atomic E-state index is 12.5. The smallest absolute Gasteiger partial charge is 0.340 e. The largest absolute Gasteiger partial charge is 0.497 e. The maximum atomic E-state index is 12.5. The van der Waals surface area contributed by atoms with Gasteiger partial charge in [0.25, 0.3) is 0 Å². The van der Waals surface area contributed by atoms with Crippen molar-refractivity contribution in [2.75, 3.05) is 57.9 Å². The molecule has 1 aliphatic rings. The molecular weight excluding hydrogens is 456 g/mol. The van der Waals surface area contributed by atoms with Crippen LogP contribution in [0.25, 0.3) is 6.08 Å². The molecule has 1 aliphatic heterocycles. The van der Waals surface area contributed by atoms with Gasteiger partial charge in [-0.05, 0) is 71.0 Å². The molecule has 8 nitrogen and oxygen atoms in total.